The molecule has 84 valence electrons. The predicted octanol–water partition coefficient (Wildman–Crippen LogP) is 1.14. The molecule has 0 saturated carbocycles. The Kier molecular flexibility index (Phi) is 4.06. The van der Waals surface area contributed by atoms with Crippen molar-refractivity contribution >= 4 is 5.97 Å². The van der Waals surface area contributed by atoms with Gasteiger partial charge in [0.2, 0.25) is 5.41 Å². The van der Waals surface area contributed by atoms with Gasteiger partial charge in [0, 0.05) is 0 Å². The Morgan fingerprint density at radius 2 is 2.20 bits per heavy atom. The van der Waals surface area contributed by atoms with Gasteiger partial charge in [-0.1, -0.05) is 13.3 Å². The van der Waals surface area contributed by atoms with Crippen LogP contribution in [0, 0.1) is 16.7 Å². The summed E-state index contributed by atoms with van der Waals surface area (Å²) < 4.78 is 10.4. The third-order valence-corrected chi connectivity index (χ3v) is 2.45. The molecule has 0 aliphatic carbocycles. The number of hydrogen-bond donors (Lipinski definition) is 1. The van der Waals surface area contributed by atoms with Crippen molar-refractivity contribution in [1.29, 1.82) is 5.26 Å². The molecule has 15 heavy (non-hydrogen) atoms. The molecule has 0 atom stereocenters. The van der Waals surface area contributed by atoms with Gasteiger partial charge >= 0.3 is 5.97 Å². The lowest BCUT2D eigenvalue weighted by atomic mass is 9.91. The predicted molar refractivity (Wildman–Crippen MR) is 50.9 cm³/mol. The molecule has 0 bridgehead atoms. The SMILES string of the molecule is CCCCC1OCC(C#N)(C(=O)O)CO1. The minimum Gasteiger partial charge on any atom is -0.480 e. The summed E-state index contributed by atoms with van der Waals surface area (Å²) in [7, 11) is 0. The summed E-state index contributed by atoms with van der Waals surface area (Å²) in [6, 6.07) is 1.74. The maximum atomic E-state index is 10.8. The molecule has 1 rings (SSSR count). The van der Waals surface area contributed by atoms with Crippen molar-refractivity contribution < 1.29 is 19.4 Å². The molecule has 5 nitrogen and oxygen atoms in total. The highest BCUT2D eigenvalue weighted by atomic mass is 16.7. The number of nitriles is 1. The van der Waals surface area contributed by atoms with E-state index in [1.54, 1.807) is 6.07 Å². The molecule has 0 amide bonds. The maximum absolute atomic E-state index is 10.8. The number of ether oxygens (including phenoxy) is 2. The second-order valence-electron chi connectivity index (χ2n) is 3.69. The first-order valence-electron chi connectivity index (χ1n) is 5.02. The van der Waals surface area contributed by atoms with Gasteiger partial charge in [-0.2, -0.15) is 5.26 Å². The first-order chi connectivity index (χ1) is 7.14. The van der Waals surface area contributed by atoms with Crippen molar-refractivity contribution in [1.82, 2.24) is 0 Å². The number of carboxylic acid groups (broad SMARTS) is 1. The zero-order chi connectivity index (χ0) is 11.3. The van der Waals surface area contributed by atoms with Crippen LogP contribution in [0.3, 0.4) is 0 Å². The average molecular weight is 213 g/mol. The molecule has 1 aliphatic rings. The second-order valence-corrected chi connectivity index (χ2v) is 3.69. The van der Waals surface area contributed by atoms with Gasteiger partial charge in [-0.25, -0.2) is 0 Å². The van der Waals surface area contributed by atoms with E-state index < -0.39 is 11.4 Å². The van der Waals surface area contributed by atoms with Crippen LogP contribution >= 0.6 is 0 Å². The van der Waals surface area contributed by atoms with Crippen molar-refractivity contribution in [3.05, 3.63) is 0 Å². The summed E-state index contributed by atoms with van der Waals surface area (Å²) in [5.41, 5.74) is -1.53. The number of carbonyl (C=O) groups is 1. The number of nitrogens with zero attached hydrogens (tertiary/aromatic N) is 1. The van der Waals surface area contributed by atoms with Crippen molar-refractivity contribution in [3.63, 3.8) is 0 Å². The molecule has 1 fully saturated rings. The zero-order valence-corrected chi connectivity index (χ0v) is 8.73. The van der Waals surface area contributed by atoms with Gasteiger partial charge in [0.1, 0.15) is 0 Å². The Hall–Kier alpha value is -1.12. The molecule has 0 unspecified atom stereocenters. The third kappa shape index (κ3) is 2.67. The summed E-state index contributed by atoms with van der Waals surface area (Å²) in [6.45, 7) is 1.88. The lowest BCUT2D eigenvalue weighted by molar-refractivity contribution is -0.224. The van der Waals surface area contributed by atoms with Crippen molar-refractivity contribution in [2.75, 3.05) is 13.2 Å². The molecule has 1 heterocycles. The van der Waals surface area contributed by atoms with Crippen LogP contribution in [0.4, 0.5) is 0 Å². The molecule has 1 aliphatic heterocycles. The number of carboxylic acids is 1. The van der Waals surface area contributed by atoms with Crippen LogP contribution in [-0.2, 0) is 14.3 Å². The monoisotopic (exact) mass is 213 g/mol. The highest BCUT2D eigenvalue weighted by Gasteiger charge is 2.44. The summed E-state index contributed by atoms with van der Waals surface area (Å²) in [4.78, 5) is 10.8. The largest absolute Gasteiger partial charge is 0.480 e. The summed E-state index contributed by atoms with van der Waals surface area (Å²) in [6.07, 6.45) is 2.39. The summed E-state index contributed by atoms with van der Waals surface area (Å²) in [5, 5.41) is 17.7. The van der Waals surface area contributed by atoms with Crippen molar-refractivity contribution in [3.8, 4) is 6.07 Å². The van der Waals surface area contributed by atoms with Crippen LogP contribution in [0.1, 0.15) is 26.2 Å². The minimum atomic E-state index is -1.53. The molecule has 0 aromatic rings. The molecule has 0 radical (unpaired) electrons. The number of hydrogen-bond acceptors (Lipinski definition) is 4. The van der Waals surface area contributed by atoms with Crippen LogP contribution in [0.15, 0.2) is 0 Å². The summed E-state index contributed by atoms with van der Waals surface area (Å²) in [5.74, 6) is -1.18. The Balaban J connectivity index is 2.47. The van der Waals surface area contributed by atoms with Crippen LogP contribution in [0.5, 0.6) is 0 Å². The molecule has 0 aromatic carbocycles. The van der Waals surface area contributed by atoms with Crippen LogP contribution in [-0.4, -0.2) is 30.6 Å². The van der Waals surface area contributed by atoms with E-state index in [2.05, 4.69) is 6.92 Å². The van der Waals surface area contributed by atoms with Gasteiger partial charge in [0.15, 0.2) is 6.29 Å². The molecular formula is C10H15NO4. The lowest BCUT2D eigenvalue weighted by Crippen LogP contribution is -2.46. The zero-order valence-electron chi connectivity index (χ0n) is 8.73. The van der Waals surface area contributed by atoms with E-state index in [9.17, 15) is 4.79 Å². The van der Waals surface area contributed by atoms with E-state index in [1.165, 1.54) is 0 Å². The van der Waals surface area contributed by atoms with Crippen LogP contribution in [0.2, 0.25) is 0 Å². The molecule has 1 saturated heterocycles. The van der Waals surface area contributed by atoms with Gasteiger partial charge in [-0.3, -0.25) is 4.79 Å². The van der Waals surface area contributed by atoms with Gasteiger partial charge < -0.3 is 14.6 Å². The topological polar surface area (TPSA) is 79.5 Å². The Bertz CT molecular complexity index is 263. The normalized spacial score (nSPS) is 30.8. The van der Waals surface area contributed by atoms with E-state index in [1.807, 2.05) is 0 Å². The van der Waals surface area contributed by atoms with Crippen molar-refractivity contribution in [2.45, 2.75) is 32.5 Å². The number of rotatable bonds is 4. The smallest absolute Gasteiger partial charge is 0.328 e. The van der Waals surface area contributed by atoms with E-state index in [0.29, 0.717) is 0 Å². The maximum Gasteiger partial charge on any atom is 0.328 e. The Morgan fingerprint density at radius 3 is 2.60 bits per heavy atom. The average Bonchev–Trinajstić information content (AvgIpc) is 2.27. The quantitative estimate of drug-likeness (QED) is 0.757. The van der Waals surface area contributed by atoms with Crippen molar-refractivity contribution in [2.24, 2.45) is 5.41 Å². The van der Waals surface area contributed by atoms with E-state index in [-0.39, 0.29) is 19.5 Å². The van der Waals surface area contributed by atoms with Gasteiger partial charge in [-0.15, -0.1) is 0 Å². The molecule has 0 spiro atoms. The first kappa shape index (κ1) is 12.0. The molecule has 1 N–H and O–H groups in total. The highest BCUT2D eigenvalue weighted by Crippen LogP contribution is 2.26. The Labute approximate surface area is 88.6 Å². The fourth-order valence-corrected chi connectivity index (χ4v) is 1.33. The molecule has 5 heteroatoms. The highest BCUT2D eigenvalue weighted by molar-refractivity contribution is 5.78. The minimum absolute atomic E-state index is 0.0901. The second kappa shape index (κ2) is 5.10. The lowest BCUT2D eigenvalue weighted by Gasteiger charge is -2.32. The van der Waals surface area contributed by atoms with E-state index in [0.717, 1.165) is 19.3 Å². The van der Waals surface area contributed by atoms with Crippen LogP contribution < -0.4 is 0 Å². The Morgan fingerprint density at radius 1 is 1.60 bits per heavy atom. The fraction of sp³-hybridized carbons (Fsp3) is 0.800. The fourth-order valence-electron chi connectivity index (χ4n) is 1.33. The third-order valence-electron chi connectivity index (χ3n) is 2.45. The van der Waals surface area contributed by atoms with Gasteiger partial charge in [-0.05, 0) is 12.8 Å². The van der Waals surface area contributed by atoms with Crippen LogP contribution in [0.25, 0.3) is 0 Å². The summed E-state index contributed by atoms with van der Waals surface area (Å²) >= 11 is 0. The molecular weight excluding hydrogens is 198 g/mol. The van der Waals surface area contributed by atoms with Gasteiger partial charge in [0.05, 0.1) is 19.3 Å². The van der Waals surface area contributed by atoms with Gasteiger partial charge in [0.25, 0.3) is 0 Å². The number of aliphatic carboxylic acids is 1. The molecule has 0 aromatic heterocycles. The first-order valence-corrected chi connectivity index (χ1v) is 5.02. The standard InChI is InChI=1S/C10H15NO4/c1-2-3-4-8-14-6-10(5-11,7-15-8)9(12)13/h8H,2-4,6-7H2,1H3,(H,12,13). The van der Waals surface area contributed by atoms with E-state index in [4.69, 9.17) is 19.8 Å². The van der Waals surface area contributed by atoms with E-state index >= 15 is 0 Å². The number of unbranched alkanes of at least 4 members (excludes halogenated alkanes) is 1.